The highest BCUT2D eigenvalue weighted by molar-refractivity contribution is 7.19. The summed E-state index contributed by atoms with van der Waals surface area (Å²) >= 11 is 8.38. The standard InChI is InChI=1S/C33H35ClN6O2S/c1-20(41)35-33-37-27-13-12-25-29(21-7-3-2-4-8-21)38-40(30(25)31(27)43-33)28-14-11-22(19-26(28)34)32(42)36-23-15-17-39(18-16-23)24-9-5-6-10-24/h2-4,7-8,11,14,19,23-24H,5-6,9-10,12-13,15-18H2,1H3,(H,36,42)(H,35,37,41). The Morgan fingerprint density at radius 3 is 2.49 bits per heavy atom. The molecule has 0 unspecified atom stereocenters. The maximum absolute atomic E-state index is 13.3. The zero-order valence-electron chi connectivity index (χ0n) is 24.2. The minimum absolute atomic E-state index is 0.0927. The summed E-state index contributed by atoms with van der Waals surface area (Å²) in [5, 5.41) is 12.2. The first-order chi connectivity index (χ1) is 20.9. The molecule has 0 spiro atoms. The molecule has 1 saturated heterocycles. The Hall–Kier alpha value is -3.53. The van der Waals surface area contributed by atoms with Crippen LogP contribution in [0.15, 0.2) is 48.5 Å². The maximum atomic E-state index is 13.3. The van der Waals surface area contributed by atoms with Gasteiger partial charge in [0.05, 0.1) is 32.7 Å². The highest BCUT2D eigenvalue weighted by atomic mass is 35.5. The Labute approximate surface area is 260 Å². The Kier molecular flexibility index (Phi) is 7.80. The quantitative estimate of drug-likeness (QED) is 0.258. The molecule has 2 fully saturated rings. The van der Waals surface area contributed by atoms with E-state index in [1.54, 1.807) is 6.07 Å². The zero-order chi connectivity index (χ0) is 29.5. The smallest absolute Gasteiger partial charge is 0.251 e. The van der Waals surface area contributed by atoms with Gasteiger partial charge in [-0.15, -0.1) is 0 Å². The van der Waals surface area contributed by atoms with Gasteiger partial charge in [0.25, 0.3) is 5.91 Å². The fraction of sp³-hybridized carbons (Fsp3) is 0.394. The normalized spacial score (nSPS) is 17.4. The molecule has 8 nitrogen and oxygen atoms in total. The molecule has 2 aromatic carbocycles. The number of amides is 2. The lowest BCUT2D eigenvalue weighted by Gasteiger charge is -2.36. The average molecular weight is 615 g/mol. The number of likely N-dealkylation sites (tertiary alicyclic amines) is 1. The van der Waals surface area contributed by atoms with E-state index >= 15 is 0 Å². The van der Waals surface area contributed by atoms with Crippen molar-refractivity contribution in [2.24, 2.45) is 0 Å². The predicted molar refractivity (Wildman–Crippen MR) is 171 cm³/mol. The second-order valence-electron chi connectivity index (χ2n) is 11.8. The van der Waals surface area contributed by atoms with Crippen LogP contribution in [-0.4, -0.2) is 56.7 Å². The average Bonchev–Trinajstić information content (AvgIpc) is 3.76. The van der Waals surface area contributed by atoms with Crippen molar-refractivity contribution < 1.29 is 9.59 Å². The van der Waals surface area contributed by atoms with E-state index in [0.717, 1.165) is 77.9 Å². The second-order valence-corrected chi connectivity index (χ2v) is 13.2. The van der Waals surface area contributed by atoms with E-state index in [2.05, 4.69) is 27.7 Å². The minimum atomic E-state index is -0.152. The molecule has 2 aliphatic carbocycles. The molecule has 2 aromatic heterocycles. The van der Waals surface area contributed by atoms with Crippen LogP contribution in [-0.2, 0) is 17.6 Å². The molecule has 222 valence electrons. The monoisotopic (exact) mass is 614 g/mol. The van der Waals surface area contributed by atoms with Crippen molar-refractivity contribution in [2.75, 3.05) is 18.4 Å². The van der Waals surface area contributed by atoms with Gasteiger partial charge in [-0.2, -0.15) is 5.10 Å². The summed E-state index contributed by atoms with van der Waals surface area (Å²) in [5.74, 6) is -0.244. The van der Waals surface area contributed by atoms with Gasteiger partial charge >= 0.3 is 0 Å². The fourth-order valence-electron chi connectivity index (χ4n) is 6.84. The van der Waals surface area contributed by atoms with E-state index < -0.39 is 0 Å². The highest BCUT2D eigenvalue weighted by Crippen LogP contribution is 2.44. The molecular weight excluding hydrogens is 580 g/mol. The molecule has 3 aliphatic rings. The van der Waals surface area contributed by atoms with Gasteiger partial charge in [0.2, 0.25) is 5.91 Å². The molecule has 4 aromatic rings. The molecule has 3 heterocycles. The van der Waals surface area contributed by atoms with E-state index in [9.17, 15) is 9.59 Å². The van der Waals surface area contributed by atoms with Crippen LogP contribution >= 0.6 is 22.9 Å². The van der Waals surface area contributed by atoms with Crippen molar-refractivity contribution in [3.05, 3.63) is 70.4 Å². The molecule has 43 heavy (non-hydrogen) atoms. The second kappa shape index (κ2) is 11.9. The van der Waals surface area contributed by atoms with Crippen LogP contribution in [0.5, 0.6) is 0 Å². The third kappa shape index (κ3) is 5.61. The molecule has 7 rings (SSSR count). The van der Waals surface area contributed by atoms with Gasteiger partial charge in [-0.25, -0.2) is 9.67 Å². The number of aromatic nitrogens is 3. The van der Waals surface area contributed by atoms with E-state index in [4.69, 9.17) is 21.7 Å². The Bertz CT molecular complexity index is 1670. The number of fused-ring (bicyclic) bond motifs is 3. The van der Waals surface area contributed by atoms with Gasteiger partial charge < -0.3 is 15.5 Å². The van der Waals surface area contributed by atoms with Crippen LogP contribution in [0.3, 0.4) is 0 Å². The van der Waals surface area contributed by atoms with Crippen LogP contribution < -0.4 is 10.6 Å². The molecule has 1 saturated carbocycles. The first kappa shape index (κ1) is 28.3. The number of hydrogen-bond acceptors (Lipinski definition) is 6. The number of thiazole rings is 1. The number of piperidine rings is 1. The maximum Gasteiger partial charge on any atom is 0.251 e. The van der Waals surface area contributed by atoms with Gasteiger partial charge in [-0.1, -0.05) is 66.1 Å². The number of nitrogens with one attached hydrogen (secondary N) is 2. The van der Waals surface area contributed by atoms with E-state index in [1.165, 1.54) is 43.9 Å². The molecule has 0 bridgehead atoms. The number of nitrogens with zero attached hydrogens (tertiary/aromatic N) is 4. The van der Waals surface area contributed by atoms with Crippen LogP contribution in [0.4, 0.5) is 5.13 Å². The molecule has 0 radical (unpaired) electrons. The largest absolute Gasteiger partial charge is 0.349 e. The Morgan fingerprint density at radius 2 is 1.77 bits per heavy atom. The van der Waals surface area contributed by atoms with Gasteiger partial charge in [-0.3, -0.25) is 9.59 Å². The summed E-state index contributed by atoms with van der Waals surface area (Å²) in [6, 6.07) is 16.5. The summed E-state index contributed by atoms with van der Waals surface area (Å²) in [4.78, 5) is 33.3. The van der Waals surface area contributed by atoms with E-state index in [-0.39, 0.29) is 17.9 Å². The minimum Gasteiger partial charge on any atom is -0.349 e. The summed E-state index contributed by atoms with van der Waals surface area (Å²) in [6.07, 6.45) is 8.81. The first-order valence-corrected chi connectivity index (χ1v) is 16.4. The van der Waals surface area contributed by atoms with Crippen molar-refractivity contribution in [2.45, 2.75) is 70.4 Å². The molecular formula is C33H35ClN6O2S. The van der Waals surface area contributed by atoms with Crippen molar-refractivity contribution in [1.29, 1.82) is 0 Å². The highest BCUT2D eigenvalue weighted by Gasteiger charge is 2.31. The number of carbonyl (C=O) groups excluding carboxylic acids is 2. The van der Waals surface area contributed by atoms with Gasteiger partial charge in [-0.05, 0) is 56.7 Å². The predicted octanol–water partition coefficient (Wildman–Crippen LogP) is 6.51. The van der Waals surface area contributed by atoms with Crippen molar-refractivity contribution in [3.8, 4) is 27.5 Å². The van der Waals surface area contributed by atoms with Crippen LogP contribution in [0.25, 0.3) is 27.5 Å². The van der Waals surface area contributed by atoms with Gasteiger partial charge in [0, 0.05) is 48.8 Å². The third-order valence-electron chi connectivity index (χ3n) is 8.98. The molecule has 2 amide bonds. The summed E-state index contributed by atoms with van der Waals surface area (Å²) in [7, 11) is 0. The van der Waals surface area contributed by atoms with E-state index in [0.29, 0.717) is 21.4 Å². The number of carbonyl (C=O) groups is 2. The van der Waals surface area contributed by atoms with Crippen LogP contribution in [0.2, 0.25) is 5.02 Å². The molecule has 2 N–H and O–H groups in total. The first-order valence-electron chi connectivity index (χ1n) is 15.2. The number of hydrogen-bond donors (Lipinski definition) is 2. The molecule has 10 heteroatoms. The molecule has 0 atom stereocenters. The van der Waals surface area contributed by atoms with Crippen molar-refractivity contribution in [3.63, 3.8) is 0 Å². The van der Waals surface area contributed by atoms with Crippen molar-refractivity contribution in [1.82, 2.24) is 25.0 Å². The lowest BCUT2D eigenvalue weighted by Crippen LogP contribution is -2.47. The summed E-state index contributed by atoms with van der Waals surface area (Å²) < 4.78 is 1.88. The lowest BCUT2D eigenvalue weighted by molar-refractivity contribution is -0.114. The number of halogens is 1. The van der Waals surface area contributed by atoms with Gasteiger partial charge in [0.15, 0.2) is 5.13 Å². The SMILES string of the molecule is CC(=O)Nc1nc2c(s1)-c1c(c(-c3ccccc3)nn1-c1ccc(C(=O)NC3CCN(C4CCCC4)CC3)cc1Cl)CC2. The summed E-state index contributed by atoms with van der Waals surface area (Å²) in [6.45, 7) is 3.58. The number of anilines is 1. The molecule has 1 aliphatic heterocycles. The van der Waals surface area contributed by atoms with E-state index in [1.807, 2.05) is 35.0 Å². The van der Waals surface area contributed by atoms with Crippen LogP contribution in [0, 0.1) is 0 Å². The number of aryl methyl sites for hydroxylation is 1. The fourth-order valence-corrected chi connectivity index (χ4v) is 8.22. The number of benzene rings is 2. The Morgan fingerprint density at radius 1 is 1.00 bits per heavy atom. The number of rotatable bonds is 6. The summed E-state index contributed by atoms with van der Waals surface area (Å²) in [5.41, 5.74) is 6.16. The third-order valence-corrected chi connectivity index (χ3v) is 10.3. The lowest BCUT2D eigenvalue weighted by atomic mass is 9.95. The zero-order valence-corrected chi connectivity index (χ0v) is 25.8. The van der Waals surface area contributed by atoms with Crippen LogP contribution in [0.1, 0.15) is 67.1 Å². The topological polar surface area (TPSA) is 92.1 Å². The van der Waals surface area contributed by atoms with Gasteiger partial charge in [0.1, 0.15) is 0 Å². The van der Waals surface area contributed by atoms with Crippen molar-refractivity contribution >= 4 is 39.9 Å². The Balaban J connectivity index is 1.17.